The molecule has 0 atom stereocenters. The van der Waals surface area contributed by atoms with Gasteiger partial charge in [0.2, 0.25) is 0 Å². The Morgan fingerprint density at radius 1 is 0.971 bits per heavy atom. The lowest BCUT2D eigenvalue weighted by Crippen LogP contribution is -2.27. The number of rotatable bonds is 6. The molecule has 0 aliphatic rings. The molecule has 0 radical (unpaired) electrons. The lowest BCUT2D eigenvalue weighted by Gasteiger charge is -2.08. The predicted octanol–water partition coefficient (Wildman–Crippen LogP) is 6.13. The summed E-state index contributed by atoms with van der Waals surface area (Å²) in [6.07, 6.45) is -4.31. The van der Waals surface area contributed by atoms with E-state index < -0.39 is 24.8 Å². The van der Waals surface area contributed by atoms with Gasteiger partial charge < -0.3 is 0 Å². The molecule has 34 heavy (non-hydrogen) atoms. The van der Waals surface area contributed by atoms with Gasteiger partial charge in [0.05, 0.1) is 34.4 Å². The van der Waals surface area contributed by atoms with Crippen LogP contribution in [0.15, 0.2) is 59.7 Å². The van der Waals surface area contributed by atoms with Crippen molar-refractivity contribution in [3.8, 4) is 22.6 Å². The molecule has 0 spiro atoms. The van der Waals surface area contributed by atoms with Crippen LogP contribution >= 0.6 is 34.8 Å². The summed E-state index contributed by atoms with van der Waals surface area (Å²) in [5.74, 6) is 0.0954. The Morgan fingerprint density at radius 2 is 1.71 bits per heavy atom. The van der Waals surface area contributed by atoms with Crippen LogP contribution in [0.1, 0.15) is 12.1 Å². The van der Waals surface area contributed by atoms with Crippen molar-refractivity contribution in [1.29, 1.82) is 0 Å². The number of nitrogens with zero attached hydrogens (tertiary/aromatic N) is 5. The summed E-state index contributed by atoms with van der Waals surface area (Å²) in [7, 11) is 0. The maximum absolute atomic E-state index is 13.0. The fourth-order valence-corrected chi connectivity index (χ4v) is 3.81. The second kappa shape index (κ2) is 9.77. The number of benzene rings is 2. The van der Waals surface area contributed by atoms with Gasteiger partial charge >= 0.3 is 11.9 Å². The van der Waals surface area contributed by atoms with Crippen LogP contribution in [-0.4, -0.2) is 30.5 Å². The minimum atomic E-state index is -4.43. The van der Waals surface area contributed by atoms with Crippen molar-refractivity contribution in [2.75, 3.05) is 0 Å². The van der Waals surface area contributed by atoms with E-state index in [0.29, 0.717) is 37.6 Å². The Kier molecular flexibility index (Phi) is 6.97. The topological polar surface area (TPSA) is 65.6 Å². The van der Waals surface area contributed by atoms with E-state index in [2.05, 4.69) is 15.1 Å². The number of hydrogen-bond donors (Lipinski definition) is 0. The van der Waals surface area contributed by atoms with Crippen molar-refractivity contribution in [3.05, 3.63) is 86.1 Å². The van der Waals surface area contributed by atoms with Crippen molar-refractivity contribution in [3.63, 3.8) is 0 Å². The van der Waals surface area contributed by atoms with Gasteiger partial charge in [-0.2, -0.15) is 13.2 Å². The van der Waals surface area contributed by atoms with E-state index in [0.717, 1.165) is 9.25 Å². The average Bonchev–Trinajstić information content (AvgIpc) is 3.09. The third-order valence-electron chi connectivity index (χ3n) is 4.91. The Balaban J connectivity index is 1.72. The molecule has 0 unspecified atom stereocenters. The fourth-order valence-electron chi connectivity index (χ4n) is 3.28. The van der Waals surface area contributed by atoms with Gasteiger partial charge in [0.25, 0.3) is 0 Å². The molecule has 2 heterocycles. The van der Waals surface area contributed by atoms with Gasteiger partial charge in [-0.05, 0) is 36.4 Å². The molecular weight excluding hydrogens is 514 g/mol. The Morgan fingerprint density at radius 3 is 2.41 bits per heavy atom. The normalized spacial score (nSPS) is 11.7. The highest BCUT2D eigenvalue weighted by Gasteiger charge is 2.28. The van der Waals surface area contributed by atoms with Crippen LogP contribution in [0, 0.1) is 0 Å². The van der Waals surface area contributed by atoms with E-state index in [1.165, 1.54) is 6.33 Å². The molecule has 2 aromatic heterocycles. The number of alkyl halides is 3. The average molecular weight is 529 g/mol. The summed E-state index contributed by atoms with van der Waals surface area (Å²) in [5, 5.41) is 5.40. The van der Waals surface area contributed by atoms with Gasteiger partial charge in [0, 0.05) is 22.7 Å². The Hall–Kier alpha value is -2.88. The molecule has 176 valence electrons. The maximum Gasteiger partial charge on any atom is 0.390 e. The molecule has 4 rings (SSSR count). The molecule has 0 saturated heterocycles. The molecule has 0 bridgehead atoms. The Bertz CT molecular complexity index is 1380. The maximum atomic E-state index is 13.0. The van der Waals surface area contributed by atoms with E-state index in [-0.39, 0.29) is 12.4 Å². The SMILES string of the molecule is O=c1n(Cc2cc(-c3cccc(Cl)c3Cl)ncn2)nc(-c2ccc(Cl)cc2)n1CCC(F)(F)F. The van der Waals surface area contributed by atoms with Crippen molar-refractivity contribution in [2.45, 2.75) is 25.7 Å². The zero-order chi connectivity index (χ0) is 24.5. The molecule has 0 aliphatic heterocycles. The van der Waals surface area contributed by atoms with Gasteiger partial charge in [-0.15, -0.1) is 5.10 Å². The standard InChI is InChI=1S/C22H15Cl3F3N5O/c23-14-6-4-13(5-7-14)20-31-33(21(34)32(20)9-8-22(26,27)28)11-15-10-18(30-12-29-15)16-2-1-3-17(24)19(16)25/h1-7,10,12H,8-9,11H2. The van der Waals surface area contributed by atoms with Gasteiger partial charge in [0.15, 0.2) is 5.82 Å². The highest BCUT2D eigenvalue weighted by Crippen LogP contribution is 2.32. The third-order valence-corrected chi connectivity index (χ3v) is 5.98. The van der Waals surface area contributed by atoms with Crippen LogP contribution in [0.2, 0.25) is 15.1 Å². The summed E-state index contributed by atoms with van der Waals surface area (Å²) in [6.45, 7) is -0.667. The quantitative estimate of drug-likeness (QED) is 0.302. The first-order chi connectivity index (χ1) is 16.1. The molecule has 0 saturated carbocycles. The molecule has 2 aromatic carbocycles. The molecule has 0 fully saturated rings. The third kappa shape index (κ3) is 5.43. The first kappa shape index (κ1) is 24.3. The molecule has 0 N–H and O–H groups in total. The smallest absolute Gasteiger partial charge is 0.275 e. The van der Waals surface area contributed by atoms with Crippen molar-refractivity contribution < 1.29 is 13.2 Å². The van der Waals surface area contributed by atoms with Crippen LogP contribution < -0.4 is 5.69 Å². The minimum Gasteiger partial charge on any atom is -0.275 e. The molecule has 4 aromatic rings. The second-order valence-electron chi connectivity index (χ2n) is 7.28. The summed E-state index contributed by atoms with van der Waals surface area (Å²) in [6, 6.07) is 13.0. The number of hydrogen-bond acceptors (Lipinski definition) is 4. The van der Waals surface area contributed by atoms with E-state index in [4.69, 9.17) is 34.8 Å². The predicted molar refractivity (Wildman–Crippen MR) is 124 cm³/mol. The number of halogens is 6. The first-order valence-electron chi connectivity index (χ1n) is 9.88. The van der Waals surface area contributed by atoms with Crippen molar-refractivity contribution in [1.82, 2.24) is 24.3 Å². The summed E-state index contributed by atoms with van der Waals surface area (Å²) in [5.41, 5.74) is 1.21. The van der Waals surface area contributed by atoms with Gasteiger partial charge in [-0.1, -0.05) is 46.9 Å². The summed E-state index contributed by atoms with van der Waals surface area (Å²) >= 11 is 18.3. The van der Waals surface area contributed by atoms with Gasteiger partial charge in [-0.3, -0.25) is 4.57 Å². The van der Waals surface area contributed by atoms with Crippen LogP contribution in [0.3, 0.4) is 0 Å². The zero-order valence-electron chi connectivity index (χ0n) is 17.2. The van der Waals surface area contributed by atoms with E-state index in [1.54, 1.807) is 48.5 Å². The molecule has 6 nitrogen and oxygen atoms in total. The highest BCUT2D eigenvalue weighted by atomic mass is 35.5. The fraction of sp³-hybridized carbons (Fsp3) is 0.182. The molecular formula is C22H15Cl3F3N5O. The second-order valence-corrected chi connectivity index (χ2v) is 8.51. The molecule has 12 heteroatoms. The minimum absolute atomic E-state index is 0.0911. The number of aromatic nitrogens is 5. The van der Waals surface area contributed by atoms with Gasteiger partial charge in [-0.25, -0.2) is 19.4 Å². The van der Waals surface area contributed by atoms with Crippen molar-refractivity contribution >= 4 is 34.8 Å². The van der Waals surface area contributed by atoms with E-state index in [1.807, 2.05) is 0 Å². The molecule has 0 amide bonds. The largest absolute Gasteiger partial charge is 0.390 e. The zero-order valence-corrected chi connectivity index (χ0v) is 19.5. The lowest BCUT2D eigenvalue weighted by atomic mass is 10.1. The van der Waals surface area contributed by atoms with Crippen molar-refractivity contribution in [2.24, 2.45) is 0 Å². The first-order valence-corrected chi connectivity index (χ1v) is 11.0. The summed E-state index contributed by atoms with van der Waals surface area (Å²) in [4.78, 5) is 21.4. The van der Waals surface area contributed by atoms with Crippen LogP contribution in [0.5, 0.6) is 0 Å². The van der Waals surface area contributed by atoms with Crippen LogP contribution in [0.25, 0.3) is 22.6 Å². The highest BCUT2D eigenvalue weighted by molar-refractivity contribution is 6.43. The summed E-state index contributed by atoms with van der Waals surface area (Å²) < 4.78 is 40.7. The Labute approximate surface area is 206 Å². The van der Waals surface area contributed by atoms with E-state index >= 15 is 0 Å². The molecule has 0 aliphatic carbocycles. The van der Waals surface area contributed by atoms with Crippen LogP contribution in [-0.2, 0) is 13.1 Å². The van der Waals surface area contributed by atoms with E-state index in [9.17, 15) is 18.0 Å². The lowest BCUT2D eigenvalue weighted by molar-refractivity contribution is -0.136. The van der Waals surface area contributed by atoms with Gasteiger partial charge in [0.1, 0.15) is 6.33 Å². The monoisotopic (exact) mass is 527 g/mol. The van der Waals surface area contributed by atoms with Crippen LogP contribution in [0.4, 0.5) is 13.2 Å².